The number of ether oxygens (including phenoxy) is 2. The summed E-state index contributed by atoms with van der Waals surface area (Å²) in [5.74, 6) is 1.44. The normalized spacial score (nSPS) is 10.8. The second-order valence-electron chi connectivity index (χ2n) is 8.04. The summed E-state index contributed by atoms with van der Waals surface area (Å²) in [6.07, 6.45) is 7.83. The molecule has 174 valence electrons. The van der Waals surface area contributed by atoms with Crippen molar-refractivity contribution in [3.63, 3.8) is 0 Å². The van der Waals surface area contributed by atoms with E-state index >= 15 is 0 Å². The van der Waals surface area contributed by atoms with E-state index in [0.717, 1.165) is 44.9 Å². The van der Waals surface area contributed by atoms with Gasteiger partial charge in [0.1, 0.15) is 11.5 Å². The van der Waals surface area contributed by atoms with Crippen LogP contribution in [0.5, 0.6) is 11.5 Å². The number of hydrogen-bond donors (Lipinski definition) is 0. The molecule has 0 aliphatic carbocycles. The molecule has 0 saturated carbocycles. The Morgan fingerprint density at radius 2 is 0.917 bits per heavy atom. The van der Waals surface area contributed by atoms with E-state index in [0.29, 0.717) is 11.1 Å². The van der Waals surface area contributed by atoms with Gasteiger partial charge in [0, 0.05) is 0 Å². The Morgan fingerprint density at radius 3 is 1.25 bits per heavy atom. The number of benzene rings is 4. The third kappa shape index (κ3) is 5.70. The topological polar surface area (TPSA) is 66.0 Å². The molecule has 4 aromatic rings. The average molecular weight is 469 g/mol. The first kappa shape index (κ1) is 24.1. The lowest BCUT2D eigenvalue weighted by atomic mass is 10.0. The Hall–Kier alpha value is -5.06. The first-order valence-corrected chi connectivity index (χ1v) is 11.4. The van der Waals surface area contributed by atoms with Crippen LogP contribution in [-0.2, 0) is 0 Å². The van der Waals surface area contributed by atoms with Crippen LogP contribution >= 0.6 is 0 Å². The van der Waals surface area contributed by atoms with Gasteiger partial charge in [-0.3, -0.25) is 0 Å². The number of nitrogens with zero attached hydrogens (tertiary/aromatic N) is 2. The Bertz CT molecular complexity index is 1380. The fourth-order valence-corrected chi connectivity index (χ4v) is 3.76. The molecule has 0 N–H and O–H groups in total. The first-order valence-electron chi connectivity index (χ1n) is 11.4. The minimum Gasteiger partial charge on any atom is -0.497 e. The SMILES string of the molecule is COc1ccc(C#N)c(C=Cc2ccc(-c3ccc(C=Cc4cc(OC)ccc4C#N)cc3)cc2)c1. The van der Waals surface area contributed by atoms with Crippen molar-refractivity contribution in [3.05, 3.63) is 118 Å². The maximum absolute atomic E-state index is 9.35. The molecule has 0 aliphatic heterocycles. The summed E-state index contributed by atoms with van der Waals surface area (Å²) in [6.45, 7) is 0. The van der Waals surface area contributed by atoms with Gasteiger partial charge >= 0.3 is 0 Å². The fourth-order valence-electron chi connectivity index (χ4n) is 3.76. The van der Waals surface area contributed by atoms with E-state index in [1.807, 2.05) is 36.4 Å². The van der Waals surface area contributed by atoms with Crippen LogP contribution in [0.25, 0.3) is 35.4 Å². The zero-order valence-electron chi connectivity index (χ0n) is 20.1. The molecule has 4 nitrogen and oxygen atoms in total. The molecule has 4 rings (SSSR count). The van der Waals surface area contributed by atoms with E-state index < -0.39 is 0 Å². The van der Waals surface area contributed by atoms with Gasteiger partial charge in [-0.2, -0.15) is 10.5 Å². The van der Waals surface area contributed by atoms with E-state index in [1.165, 1.54) is 0 Å². The highest BCUT2D eigenvalue weighted by atomic mass is 16.5. The first-order chi connectivity index (χ1) is 17.6. The summed E-state index contributed by atoms with van der Waals surface area (Å²) < 4.78 is 10.5. The summed E-state index contributed by atoms with van der Waals surface area (Å²) in [5.41, 5.74) is 7.15. The van der Waals surface area contributed by atoms with Crippen LogP contribution < -0.4 is 9.47 Å². The van der Waals surface area contributed by atoms with E-state index in [4.69, 9.17) is 9.47 Å². The summed E-state index contributed by atoms with van der Waals surface area (Å²) in [4.78, 5) is 0. The largest absolute Gasteiger partial charge is 0.497 e. The van der Waals surface area contributed by atoms with Crippen LogP contribution in [0.2, 0.25) is 0 Å². The van der Waals surface area contributed by atoms with Gasteiger partial charge in [-0.15, -0.1) is 0 Å². The van der Waals surface area contributed by atoms with Crippen molar-refractivity contribution in [1.82, 2.24) is 0 Å². The maximum atomic E-state index is 9.35. The van der Waals surface area contributed by atoms with Crippen LogP contribution in [0.15, 0.2) is 84.9 Å². The molecule has 0 spiro atoms. The van der Waals surface area contributed by atoms with Gasteiger partial charge in [0.15, 0.2) is 0 Å². The van der Waals surface area contributed by atoms with E-state index in [9.17, 15) is 10.5 Å². The van der Waals surface area contributed by atoms with Gasteiger partial charge in [-0.25, -0.2) is 0 Å². The predicted molar refractivity (Wildman–Crippen MR) is 145 cm³/mol. The maximum Gasteiger partial charge on any atom is 0.119 e. The van der Waals surface area contributed by atoms with Crippen LogP contribution in [0.4, 0.5) is 0 Å². The second kappa shape index (κ2) is 11.4. The van der Waals surface area contributed by atoms with Crippen LogP contribution in [0, 0.1) is 22.7 Å². The van der Waals surface area contributed by atoms with Crippen molar-refractivity contribution in [3.8, 4) is 34.8 Å². The summed E-state index contributed by atoms with van der Waals surface area (Å²) in [6, 6.07) is 31.8. The molecule has 0 fully saturated rings. The van der Waals surface area contributed by atoms with Gasteiger partial charge in [0.05, 0.1) is 37.5 Å². The molecule has 0 aliphatic rings. The van der Waals surface area contributed by atoms with E-state index in [2.05, 4.69) is 60.7 Å². The Morgan fingerprint density at radius 1 is 0.528 bits per heavy atom. The predicted octanol–water partition coefficient (Wildman–Crippen LogP) is 7.45. The average Bonchev–Trinajstić information content (AvgIpc) is 2.95. The lowest BCUT2D eigenvalue weighted by Crippen LogP contribution is -1.87. The van der Waals surface area contributed by atoms with Gasteiger partial charge in [-0.05, 0) is 69.8 Å². The standard InChI is InChI=1S/C32H24N2O2/c1-35-31-17-15-29(21-33)27(19-31)13-7-23-3-9-25(10-4-23)26-11-5-24(6-12-26)8-14-28-20-32(36-2)18-16-30(28)22-34/h3-20H,1-2H3. The van der Waals surface area contributed by atoms with Gasteiger partial charge in [0.25, 0.3) is 0 Å². The minimum atomic E-state index is 0.605. The molecule has 0 unspecified atom stereocenters. The molecule has 0 aromatic heterocycles. The van der Waals surface area contributed by atoms with Crippen molar-refractivity contribution < 1.29 is 9.47 Å². The van der Waals surface area contributed by atoms with Gasteiger partial charge in [0.2, 0.25) is 0 Å². The number of hydrogen-bond acceptors (Lipinski definition) is 4. The zero-order valence-corrected chi connectivity index (χ0v) is 20.1. The summed E-state index contributed by atoms with van der Waals surface area (Å²) in [5, 5.41) is 18.7. The number of rotatable bonds is 7. The van der Waals surface area contributed by atoms with Crippen LogP contribution in [0.1, 0.15) is 33.4 Å². The molecule has 0 bridgehead atoms. The molecule has 0 saturated heterocycles. The lowest BCUT2D eigenvalue weighted by molar-refractivity contribution is 0.414. The summed E-state index contributed by atoms with van der Waals surface area (Å²) in [7, 11) is 3.23. The van der Waals surface area contributed by atoms with Crippen molar-refractivity contribution in [1.29, 1.82) is 10.5 Å². The highest BCUT2D eigenvalue weighted by molar-refractivity contribution is 5.76. The number of methoxy groups -OCH3 is 2. The Balaban J connectivity index is 1.48. The quantitative estimate of drug-likeness (QED) is 0.264. The van der Waals surface area contributed by atoms with Crippen molar-refractivity contribution >= 4 is 24.3 Å². The molecule has 0 atom stereocenters. The Labute approximate surface area is 211 Å². The monoisotopic (exact) mass is 468 g/mol. The fraction of sp³-hybridized carbons (Fsp3) is 0.0625. The van der Waals surface area contributed by atoms with Gasteiger partial charge < -0.3 is 9.47 Å². The molecule has 0 heterocycles. The van der Waals surface area contributed by atoms with E-state index in [1.54, 1.807) is 38.5 Å². The number of nitriles is 2. The second-order valence-corrected chi connectivity index (χ2v) is 8.04. The van der Waals surface area contributed by atoms with E-state index in [-0.39, 0.29) is 0 Å². The molecule has 4 heteroatoms. The highest BCUT2D eigenvalue weighted by Gasteiger charge is 2.03. The molecule has 36 heavy (non-hydrogen) atoms. The van der Waals surface area contributed by atoms with Crippen LogP contribution in [0.3, 0.4) is 0 Å². The van der Waals surface area contributed by atoms with Crippen molar-refractivity contribution in [2.75, 3.05) is 14.2 Å². The van der Waals surface area contributed by atoms with Crippen LogP contribution in [-0.4, -0.2) is 14.2 Å². The third-order valence-electron chi connectivity index (χ3n) is 5.82. The molecule has 4 aromatic carbocycles. The lowest BCUT2D eigenvalue weighted by Gasteiger charge is -2.05. The zero-order chi connectivity index (χ0) is 25.3. The highest BCUT2D eigenvalue weighted by Crippen LogP contribution is 2.24. The van der Waals surface area contributed by atoms with Gasteiger partial charge in [-0.1, -0.05) is 72.8 Å². The molecule has 0 radical (unpaired) electrons. The molecular formula is C32H24N2O2. The molecular weight excluding hydrogens is 444 g/mol. The molecule has 0 amide bonds. The van der Waals surface area contributed by atoms with Crippen molar-refractivity contribution in [2.24, 2.45) is 0 Å². The third-order valence-corrected chi connectivity index (χ3v) is 5.82. The smallest absolute Gasteiger partial charge is 0.119 e. The Kier molecular flexibility index (Phi) is 7.61. The minimum absolute atomic E-state index is 0.605. The summed E-state index contributed by atoms with van der Waals surface area (Å²) >= 11 is 0. The van der Waals surface area contributed by atoms with Crippen molar-refractivity contribution in [2.45, 2.75) is 0 Å².